The zero-order valence-electron chi connectivity index (χ0n) is 7.74. The van der Waals surface area contributed by atoms with E-state index in [-0.39, 0.29) is 11.4 Å². The second-order valence-corrected chi connectivity index (χ2v) is 3.49. The summed E-state index contributed by atoms with van der Waals surface area (Å²) in [4.78, 5) is 10.1. The van der Waals surface area contributed by atoms with E-state index >= 15 is 0 Å². The van der Waals surface area contributed by atoms with Crippen LogP contribution in [0.15, 0.2) is 18.2 Å². The Morgan fingerprint density at radius 1 is 1.53 bits per heavy atom. The van der Waals surface area contributed by atoms with Gasteiger partial charge in [-0.3, -0.25) is 10.1 Å². The number of rotatable bonds is 2. The van der Waals surface area contributed by atoms with Gasteiger partial charge in [0.1, 0.15) is 11.3 Å². The lowest BCUT2D eigenvalue weighted by Crippen LogP contribution is -1.91. The normalized spacial score (nSPS) is 9.13. The van der Waals surface area contributed by atoms with Crippen molar-refractivity contribution in [1.29, 1.82) is 0 Å². The molecule has 1 N–H and O–H groups in total. The third kappa shape index (κ3) is 3.26. The van der Waals surface area contributed by atoms with E-state index in [1.54, 1.807) is 0 Å². The molecule has 0 atom stereocenters. The molecule has 0 amide bonds. The van der Waals surface area contributed by atoms with Crippen LogP contribution in [0.4, 0.5) is 5.69 Å². The van der Waals surface area contributed by atoms with E-state index in [0.29, 0.717) is 12.0 Å². The Hall–Kier alpha value is -1.54. The summed E-state index contributed by atoms with van der Waals surface area (Å²) in [6, 6.07) is 3.91. The number of alkyl halides is 1. The fourth-order valence-electron chi connectivity index (χ4n) is 0.982. The van der Waals surface area contributed by atoms with Gasteiger partial charge in [-0.05, 0) is 12.1 Å². The van der Waals surface area contributed by atoms with Gasteiger partial charge in [0.15, 0.2) is 0 Å². The molecule has 0 fully saturated rings. The first-order valence-corrected chi connectivity index (χ1v) is 5.29. The summed E-state index contributed by atoms with van der Waals surface area (Å²) in [7, 11) is 0. The standard InChI is InChI=1S/C10H8BrNO3/c11-6-2-1-3-8-4-5-9(13)7-10(8)12(14)15/h4-5,7,13H,2,6H2. The summed E-state index contributed by atoms with van der Waals surface area (Å²) in [5.74, 6) is 5.34. The Morgan fingerprint density at radius 2 is 2.27 bits per heavy atom. The van der Waals surface area contributed by atoms with Crippen molar-refractivity contribution in [2.24, 2.45) is 0 Å². The molecule has 0 radical (unpaired) electrons. The van der Waals surface area contributed by atoms with E-state index < -0.39 is 4.92 Å². The zero-order chi connectivity index (χ0) is 11.3. The molecule has 0 aliphatic rings. The van der Waals surface area contributed by atoms with Gasteiger partial charge >= 0.3 is 0 Å². The molecule has 0 aliphatic heterocycles. The molecule has 15 heavy (non-hydrogen) atoms. The van der Waals surface area contributed by atoms with Crippen molar-refractivity contribution >= 4 is 21.6 Å². The predicted octanol–water partition coefficient (Wildman–Crippen LogP) is 2.44. The average molecular weight is 270 g/mol. The van der Waals surface area contributed by atoms with Gasteiger partial charge < -0.3 is 5.11 Å². The van der Waals surface area contributed by atoms with Crippen LogP contribution in [0, 0.1) is 22.0 Å². The van der Waals surface area contributed by atoms with Gasteiger partial charge in [-0.2, -0.15) is 0 Å². The van der Waals surface area contributed by atoms with Gasteiger partial charge in [0.05, 0.1) is 11.0 Å². The van der Waals surface area contributed by atoms with Gasteiger partial charge in [-0.1, -0.05) is 27.8 Å². The van der Waals surface area contributed by atoms with E-state index in [9.17, 15) is 10.1 Å². The number of aromatic hydroxyl groups is 1. The molecule has 0 spiro atoms. The number of nitrogens with zero attached hydrogens (tertiary/aromatic N) is 1. The quantitative estimate of drug-likeness (QED) is 0.388. The number of phenolic OH excluding ortho intramolecular Hbond substituents is 1. The molecule has 1 aromatic carbocycles. The minimum Gasteiger partial charge on any atom is -0.508 e. The Bertz CT molecular complexity index is 434. The van der Waals surface area contributed by atoms with Crippen LogP contribution >= 0.6 is 15.9 Å². The summed E-state index contributed by atoms with van der Waals surface area (Å²) >= 11 is 3.21. The Morgan fingerprint density at radius 3 is 2.87 bits per heavy atom. The van der Waals surface area contributed by atoms with Crippen molar-refractivity contribution in [3.8, 4) is 17.6 Å². The van der Waals surface area contributed by atoms with Crippen LogP contribution in [0.1, 0.15) is 12.0 Å². The monoisotopic (exact) mass is 269 g/mol. The number of nitro benzene ring substituents is 1. The first-order valence-electron chi connectivity index (χ1n) is 4.17. The zero-order valence-corrected chi connectivity index (χ0v) is 9.32. The highest BCUT2D eigenvalue weighted by Crippen LogP contribution is 2.22. The molecular weight excluding hydrogens is 262 g/mol. The van der Waals surface area contributed by atoms with Crippen molar-refractivity contribution in [1.82, 2.24) is 0 Å². The van der Waals surface area contributed by atoms with Crippen LogP contribution in [0.2, 0.25) is 0 Å². The third-order valence-corrected chi connectivity index (χ3v) is 2.02. The maximum absolute atomic E-state index is 10.6. The maximum Gasteiger partial charge on any atom is 0.288 e. The summed E-state index contributed by atoms with van der Waals surface area (Å²) < 4.78 is 0. The highest BCUT2D eigenvalue weighted by Gasteiger charge is 2.12. The smallest absolute Gasteiger partial charge is 0.288 e. The highest BCUT2D eigenvalue weighted by molar-refractivity contribution is 9.09. The molecule has 0 bridgehead atoms. The molecule has 0 saturated carbocycles. The van der Waals surface area contributed by atoms with E-state index in [4.69, 9.17) is 5.11 Å². The molecule has 0 aliphatic carbocycles. The lowest BCUT2D eigenvalue weighted by molar-refractivity contribution is -0.385. The number of nitro groups is 1. The van der Waals surface area contributed by atoms with Crippen LogP contribution in [0.5, 0.6) is 5.75 Å². The highest BCUT2D eigenvalue weighted by atomic mass is 79.9. The summed E-state index contributed by atoms with van der Waals surface area (Å²) in [6.45, 7) is 0. The Balaban J connectivity index is 3.08. The topological polar surface area (TPSA) is 63.4 Å². The van der Waals surface area contributed by atoms with Gasteiger partial charge in [-0.25, -0.2) is 0 Å². The Labute approximate surface area is 95.2 Å². The minimum absolute atomic E-state index is 0.132. The van der Waals surface area contributed by atoms with Crippen molar-refractivity contribution in [3.05, 3.63) is 33.9 Å². The van der Waals surface area contributed by atoms with E-state index in [0.717, 1.165) is 11.4 Å². The molecule has 0 heterocycles. The number of phenols is 1. The predicted molar refractivity (Wildman–Crippen MR) is 60.1 cm³/mol. The van der Waals surface area contributed by atoms with E-state index in [2.05, 4.69) is 27.8 Å². The van der Waals surface area contributed by atoms with E-state index in [1.807, 2.05) is 0 Å². The average Bonchev–Trinajstić information content (AvgIpc) is 2.20. The largest absolute Gasteiger partial charge is 0.508 e. The van der Waals surface area contributed by atoms with Gasteiger partial charge in [0, 0.05) is 11.8 Å². The first-order chi connectivity index (χ1) is 7.15. The van der Waals surface area contributed by atoms with Crippen molar-refractivity contribution in [3.63, 3.8) is 0 Å². The van der Waals surface area contributed by atoms with Crippen LogP contribution < -0.4 is 0 Å². The molecule has 78 valence electrons. The fraction of sp³-hybridized carbons (Fsp3) is 0.200. The number of benzene rings is 1. The van der Waals surface area contributed by atoms with Crippen molar-refractivity contribution < 1.29 is 10.0 Å². The molecule has 0 aromatic heterocycles. The molecule has 1 rings (SSSR count). The van der Waals surface area contributed by atoms with Crippen LogP contribution in [0.3, 0.4) is 0 Å². The molecular formula is C10H8BrNO3. The third-order valence-electron chi connectivity index (χ3n) is 1.62. The molecule has 5 heteroatoms. The van der Waals surface area contributed by atoms with Crippen LogP contribution in [-0.2, 0) is 0 Å². The second kappa shape index (κ2) is 5.37. The lowest BCUT2D eigenvalue weighted by Gasteiger charge is -1.96. The van der Waals surface area contributed by atoms with Crippen molar-refractivity contribution in [2.45, 2.75) is 6.42 Å². The van der Waals surface area contributed by atoms with Crippen LogP contribution in [-0.4, -0.2) is 15.4 Å². The van der Waals surface area contributed by atoms with Gasteiger partial charge in [-0.15, -0.1) is 0 Å². The number of hydrogen-bond donors (Lipinski definition) is 1. The molecule has 4 nitrogen and oxygen atoms in total. The molecule has 0 saturated heterocycles. The molecule has 1 aromatic rings. The summed E-state index contributed by atoms with van der Waals surface area (Å²) in [6.07, 6.45) is 0.623. The van der Waals surface area contributed by atoms with Gasteiger partial charge in [0.2, 0.25) is 0 Å². The maximum atomic E-state index is 10.6. The lowest BCUT2D eigenvalue weighted by atomic mass is 10.1. The first kappa shape index (κ1) is 11.5. The van der Waals surface area contributed by atoms with Crippen molar-refractivity contribution in [2.75, 3.05) is 5.33 Å². The van der Waals surface area contributed by atoms with Gasteiger partial charge in [0.25, 0.3) is 5.69 Å². The fourth-order valence-corrected chi connectivity index (χ4v) is 1.18. The summed E-state index contributed by atoms with van der Waals surface area (Å²) in [5.41, 5.74) is 0.149. The minimum atomic E-state index is -0.558. The summed E-state index contributed by atoms with van der Waals surface area (Å²) in [5, 5.41) is 20.4. The Kier molecular flexibility index (Phi) is 4.13. The van der Waals surface area contributed by atoms with E-state index in [1.165, 1.54) is 12.1 Å². The number of halogens is 1. The number of hydrogen-bond acceptors (Lipinski definition) is 3. The SMILES string of the molecule is O=[N+]([O-])c1cc(O)ccc1C#CCCBr. The second-order valence-electron chi connectivity index (χ2n) is 2.70. The van der Waals surface area contributed by atoms with Crippen LogP contribution in [0.25, 0.3) is 0 Å². The molecule has 0 unspecified atom stereocenters.